The molecule has 0 unspecified atom stereocenters. The zero-order valence-corrected chi connectivity index (χ0v) is 14.4. The fourth-order valence-corrected chi connectivity index (χ4v) is 3.08. The summed E-state index contributed by atoms with van der Waals surface area (Å²) in [5, 5.41) is 13.6. The number of nitriles is 1. The zero-order chi connectivity index (χ0) is 18.6. The Morgan fingerprint density at radius 1 is 0.963 bits per heavy atom. The molecule has 0 aliphatic carbocycles. The number of benzene rings is 2. The summed E-state index contributed by atoms with van der Waals surface area (Å²) in [6.45, 7) is 0.452. The Bertz CT molecular complexity index is 1150. The number of rotatable bonds is 4. The minimum absolute atomic E-state index is 0.162. The van der Waals surface area contributed by atoms with E-state index in [-0.39, 0.29) is 11.4 Å². The van der Waals surface area contributed by atoms with Crippen molar-refractivity contribution in [3.63, 3.8) is 0 Å². The number of nitrogens with two attached hydrogens (primary N) is 1. The Morgan fingerprint density at radius 3 is 2.56 bits per heavy atom. The molecule has 4 aromatic rings. The second-order valence-electron chi connectivity index (χ2n) is 5.99. The number of hydrogen-bond acceptors (Lipinski definition) is 6. The van der Waals surface area contributed by atoms with Gasteiger partial charge in [0.25, 0.3) is 0 Å². The molecule has 2 heterocycles. The van der Waals surface area contributed by atoms with Crippen LogP contribution in [0, 0.1) is 11.3 Å². The molecule has 0 saturated carbocycles. The fraction of sp³-hybridized carbons (Fsp3) is 0.0476. The number of fused-ring (bicyclic) bond motifs is 1. The molecule has 0 bridgehead atoms. The van der Waals surface area contributed by atoms with Crippen LogP contribution >= 0.6 is 0 Å². The van der Waals surface area contributed by atoms with Crippen molar-refractivity contribution >= 4 is 22.5 Å². The lowest BCUT2D eigenvalue weighted by atomic mass is 9.96. The molecule has 2 aromatic carbocycles. The van der Waals surface area contributed by atoms with Crippen LogP contribution in [0.25, 0.3) is 22.0 Å². The smallest absolute Gasteiger partial charge is 0.149 e. The third kappa shape index (κ3) is 3.14. The highest BCUT2D eigenvalue weighted by Gasteiger charge is 2.13. The fourth-order valence-electron chi connectivity index (χ4n) is 3.08. The predicted octanol–water partition coefficient (Wildman–Crippen LogP) is 3.76. The number of hydrogen-bond donors (Lipinski definition) is 2. The first-order valence-corrected chi connectivity index (χ1v) is 8.44. The monoisotopic (exact) mass is 352 g/mol. The Balaban J connectivity index is 1.79. The van der Waals surface area contributed by atoms with Crippen LogP contribution in [-0.4, -0.2) is 15.0 Å². The standard InChI is InChI=1S/C21H16N6/c22-10-17-20(23)26-13-27-21(17)25-12-15-11-24-18-9-5-4-8-16(18)19(15)14-6-2-1-3-7-14/h1-9,11,13H,12H2,(H3,23,25,26,27). The van der Waals surface area contributed by atoms with Gasteiger partial charge < -0.3 is 11.1 Å². The van der Waals surface area contributed by atoms with Crippen LogP contribution < -0.4 is 11.1 Å². The molecule has 27 heavy (non-hydrogen) atoms. The Labute approximate surface area is 156 Å². The highest BCUT2D eigenvalue weighted by molar-refractivity contribution is 5.96. The van der Waals surface area contributed by atoms with Crippen LogP contribution in [0.1, 0.15) is 11.1 Å². The van der Waals surface area contributed by atoms with Gasteiger partial charge in [0.05, 0.1) is 5.52 Å². The number of nitrogen functional groups attached to an aromatic ring is 1. The lowest BCUT2D eigenvalue weighted by molar-refractivity contribution is 1.07. The molecule has 3 N–H and O–H groups in total. The minimum Gasteiger partial charge on any atom is -0.382 e. The number of aromatic nitrogens is 3. The molecule has 6 nitrogen and oxygen atoms in total. The highest BCUT2D eigenvalue weighted by Crippen LogP contribution is 2.31. The van der Waals surface area contributed by atoms with Crippen LogP contribution in [-0.2, 0) is 6.54 Å². The summed E-state index contributed by atoms with van der Waals surface area (Å²) in [4.78, 5) is 12.6. The Morgan fingerprint density at radius 2 is 1.74 bits per heavy atom. The van der Waals surface area contributed by atoms with Crippen LogP contribution in [0.4, 0.5) is 11.6 Å². The largest absolute Gasteiger partial charge is 0.382 e. The van der Waals surface area contributed by atoms with Gasteiger partial charge in [-0.3, -0.25) is 4.98 Å². The molecule has 0 aliphatic heterocycles. The van der Waals surface area contributed by atoms with Crippen LogP contribution in [0.5, 0.6) is 0 Å². The van der Waals surface area contributed by atoms with E-state index in [1.165, 1.54) is 6.33 Å². The van der Waals surface area contributed by atoms with Crippen molar-refractivity contribution in [2.45, 2.75) is 6.54 Å². The van der Waals surface area contributed by atoms with Crippen molar-refractivity contribution < 1.29 is 0 Å². The Hall–Kier alpha value is -3.98. The zero-order valence-electron chi connectivity index (χ0n) is 14.4. The lowest BCUT2D eigenvalue weighted by Crippen LogP contribution is -2.08. The van der Waals surface area contributed by atoms with Crippen LogP contribution in [0.2, 0.25) is 0 Å². The van der Waals surface area contributed by atoms with E-state index >= 15 is 0 Å². The van der Waals surface area contributed by atoms with Crippen molar-refractivity contribution in [2.24, 2.45) is 0 Å². The molecule has 0 amide bonds. The van der Waals surface area contributed by atoms with Gasteiger partial charge in [-0.15, -0.1) is 0 Å². The van der Waals surface area contributed by atoms with Crippen molar-refractivity contribution in [1.82, 2.24) is 15.0 Å². The summed E-state index contributed by atoms with van der Waals surface area (Å²) < 4.78 is 0. The molecule has 0 radical (unpaired) electrons. The van der Waals surface area contributed by atoms with E-state index < -0.39 is 0 Å². The molecule has 4 rings (SSSR count). The molecule has 0 fully saturated rings. The van der Waals surface area contributed by atoms with E-state index in [0.717, 1.165) is 27.6 Å². The summed E-state index contributed by atoms with van der Waals surface area (Å²) >= 11 is 0. The van der Waals surface area contributed by atoms with E-state index in [2.05, 4.69) is 38.5 Å². The van der Waals surface area contributed by atoms with E-state index in [9.17, 15) is 5.26 Å². The quantitative estimate of drug-likeness (QED) is 0.580. The average molecular weight is 352 g/mol. The maximum absolute atomic E-state index is 9.31. The molecule has 130 valence electrons. The number of pyridine rings is 1. The topological polar surface area (TPSA) is 101 Å². The van der Waals surface area contributed by atoms with Gasteiger partial charge in [-0.05, 0) is 22.8 Å². The SMILES string of the molecule is N#Cc1c(N)ncnc1NCc1cnc2ccccc2c1-c1ccccc1. The molecule has 0 spiro atoms. The highest BCUT2D eigenvalue weighted by atomic mass is 15.0. The third-order valence-corrected chi connectivity index (χ3v) is 4.35. The minimum atomic E-state index is 0.162. The summed E-state index contributed by atoms with van der Waals surface area (Å²) in [5.41, 5.74) is 10.2. The van der Waals surface area contributed by atoms with E-state index in [1.54, 1.807) is 0 Å². The second-order valence-corrected chi connectivity index (χ2v) is 5.99. The van der Waals surface area contributed by atoms with E-state index in [1.807, 2.05) is 48.7 Å². The van der Waals surface area contributed by atoms with Crippen LogP contribution in [0.15, 0.2) is 67.1 Å². The molecule has 0 aliphatic rings. The normalized spacial score (nSPS) is 10.5. The predicted molar refractivity (Wildman–Crippen MR) is 106 cm³/mol. The second kappa shape index (κ2) is 7.10. The molecular formula is C21H16N6. The van der Waals surface area contributed by atoms with Gasteiger partial charge in [-0.2, -0.15) is 5.26 Å². The average Bonchev–Trinajstić information content (AvgIpc) is 2.72. The van der Waals surface area contributed by atoms with Crippen molar-refractivity contribution in [3.05, 3.63) is 78.2 Å². The van der Waals surface area contributed by atoms with Gasteiger partial charge >= 0.3 is 0 Å². The number of nitrogens with zero attached hydrogens (tertiary/aromatic N) is 4. The number of para-hydroxylation sites is 1. The van der Waals surface area contributed by atoms with Gasteiger partial charge in [-0.1, -0.05) is 48.5 Å². The third-order valence-electron chi connectivity index (χ3n) is 4.35. The van der Waals surface area contributed by atoms with Gasteiger partial charge in [0.1, 0.15) is 29.6 Å². The maximum atomic E-state index is 9.31. The van der Waals surface area contributed by atoms with Crippen molar-refractivity contribution in [2.75, 3.05) is 11.1 Å². The van der Waals surface area contributed by atoms with E-state index in [4.69, 9.17) is 5.73 Å². The summed E-state index contributed by atoms with van der Waals surface area (Å²) in [6, 6.07) is 20.3. The Kier molecular flexibility index (Phi) is 4.33. The first kappa shape index (κ1) is 16.5. The number of anilines is 2. The summed E-state index contributed by atoms with van der Waals surface area (Å²) in [7, 11) is 0. The van der Waals surface area contributed by atoms with Crippen LogP contribution in [0.3, 0.4) is 0 Å². The molecular weight excluding hydrogens is 336 g/mol. The first-order valence-electron chi connectivity index (χ1n) is 8.44. The van der Waals surface area contributed by atoms with Gasteiger partial charge in [-0.25, -0.2) is 9.97 Å². The van der Waals surface area contributed by atoms with E-state index in [0.29, 0.717) is 12.4 Å². The summed E-state index contributed by atoms with van der Waals surface area (Å²) in [5.74, 6) is 0.576. The van der Waals surface area contributed by atoms with Gasteiger partial charge in [0.2, 0.25) is 0 Å². The molecule has 0 atom stereocenters. The number of nitrogens with one attached hydrogen (secondary N) is 1. The molecule has 0 saturated heterocycles. The first-order chi connectivity index (χ1) is 13.3. The lowest BCUT2D eigenvalue weighted by Gasteiger charge is -2.14. The molecule has 6 heteroatoms. The summed E-state index contributed by atoms with van der Waals surface area (Å²) in [6.07, 6.45) is 3.20. The van der Waals surface area contributed by atoms with Crippen molar-refractivity contribution in [1.29, 1.82) is 5.26 Å². The van der Waals surface area contributed by atoms with Gasteiger partial charge in [0.15, 0.2) is 0 Å². The van der Waals surface area contributed by atoms with Crippen molar-refractivity contribution in [3.8, 4) is 17.2 Å². The molecule has 2 aromatic heterocycles. The maximum Gasteiger partial charge on any atom is 0.149 e. The van der Waals surface area contributed by atoms with Gasteiger partial charge in [0, 0.05) is 18.1 Å².